The van der Waals surface area contributed by atoms with Gasteiger partial charge < -0.3 is 5.11 Å². The van der Waals surface area contributed by atoms with Gasteiger partial charge in [0.15, 0.2) is 0 Å². The second kappa shape index (κ2) is 2.64. The molecule has 0 amide bonds. The number of aliphatic hydroxyl groups excluding tert-OH is 1. The molecule has 0 saturated carbocycles. The molecule has 0 atom stereocenters. The highest BCUT2D eigenvalue weighted by atomic mass is 28.3. The molecule has 1 aliphatic rings. The number of aliphatic hydroxyl groups is 1. The highest BCUT2D eigenvalue weighted by molar-refractivity contribution is 6.57. The van der Waals surface area contributed by atoms with Crippen molar-refractivity contribution < 1.29 is 5.11 Å². The molecule has 48 valence electrons. The Labute approximate surface area is 52.3 Å². The molecule has 0 aromatic heterocycles. The molecule has 0 bridgehead atoms. The van der Waals surface area contributed by atoms with Gasteiger partial charge in [-0.05, 0) is 12.8 Å². The largest absolute Gasteiger partial charge is 0.393 e. The Balaban J connectivity index is 2.19. The fourth-order valence-corrected chi connectivity index (χ4v) is 3.44. The van der Waals surface area contributed by atoms with Crippen LogP contribution in [-0.2, 0) is 0 Å². The first-order valence-electron chi connectivity index (χ1n) is 3.47. The van der Waals surface area contributed by atoms with Crippen LogP contribution in [0, 0.1) is 0 Å². The number of rotatable bonds is 0. The summed E-state index contributed by atoms with van der Waals surface area (Å²) in [5, 5.41) is 9.05. The fraction of sp³-hybridized carbons (Fsp3) is 1.00. The number of hydrogen-bond acceptors (Lipinski definition) is 1. The predicted molar refractivity (Wildman–Crippen MR) is 37.9 cm³/mol. The molecular weight excluding hydrogens is 116 g/mol. The molecule has 1 rings (SSSR count). The zero-order chi connectivity index (χ0) is 5.98. The van der Waals surface area contributed by atoms with Crippen molar-refractivity contribution in [3.63, 3.8) is 0 Å². The second-order valence-corrected chi connectivity index (χ2v) is 6.28. The van der Waals surface area contributed by atoms with Crippen LogP contribution in [0.25, 0.3) is 0 Å². The maximum Gasteiger partial charge on any atom is 0.0534 e. The maximum atomic E-state index is 9.05. The molecule has 1 heterocycles. The molecule has 0 spiro atoms. The SMILES string of the molecule is C[SiH]1CCC(O)CC1. The zero-order valence-electron chi connectivity index (χ0n) is 5.43. The highest BCUT2D eigenvalue weighted by Crippen LogP contribution is 2.18. The van der Waals surface area contributed by atoms with Gasteiger partial charge in [-0.3, -0.25) is 0 Å². The van der Waals surface area contributed by atoms with E-state index < -0.39 is 0 Å². The maximum absolute atomic E-state index is 9.05. The highest BCUT2D eigenvalue weighted by Gasteiger charge is 2.15. The summed E-state index contributed by atoms with van der Waals surface area (Å²) in [7, 11) is -0.293. The lowest BCUT2D eigenvalue weighted by Gasteiger charge is -2.20. The summed E-state index contributed by atoms with van der Waals surface area (Å²) in [5.41, 5.74) is 0. The van der Waals surface area contributed by atoms with Crippen LogP contribution in [0.1, 0.15) is 12.8 Å². The third-order valence-electron chi connectivity index (χ3n) is 1.99. The van der Waals surface area contributed by atoms with Crippen molar-refractivity contribution in [3.05, 3.63) is 0 Å². The average molecular weight is 130 g/mol. The van der Waals surface area contributed by atoms with E-state index in [0.29, 0.717) is 0 Å². The first-order valence-corrected chi connectivity index (χ1v) is 6.26. The molecule has 1 nitrogen and oxygen atoms in total. The van der Waals surface area contributed by atoms with E-state index in [9.17, 15) is 0 Å². The fourth-order valence-electron chi connectivity index (χ4n) is 1.24. The number of hydrogen-bond donors (Lipinski definition) is 1. The van der Waals surface area contributed by atoms with Gasteiger partial charge in [-0.1, -0.05) is 18.6 Å². The molecule has 1 fully saturated rings. The van der Waals surface area contributed by atoms with E-state index in [2.05, 4.69) is 6.55 Å². The van der Waals surface area contributed by atoms with Gasteiger partial charge >= 0.3 is 0 Å². The molecule has 0 aromatic rings. The van der Waals surface area contributed by atoms with Crippen molar-refractivity contribution >= 4 is 8.80 Å². The van der Waals surface area contributed by atoms with Crippen LogP contribution in [0.4, 0.5) is 0 Å². The minimum absolute atomic E-state index is 0.0544. The summed E-state index contributed by atoms with van der Waals surface area (Å²) in [6.45, 7) is 2.39. The molecule has 0 aromatic carbocycles. The van der Waals surface area contributed by atoms with Gasteiger partial charge in [0, 0.05) is 8.80 Å². The molecule has 0 radical (unpaired) electrons. The van der Waals surface area contributed by atoms with E-state index in [0.717, 1.165) is 12.8 Å². The van der Waals surface area contributed by atoms with Crippen LogP contribution >= 0.6 is 0 Å². The van der Waals surface area contributed by atoms with Crippen molar-refractivity contribution in [3.8, 4) is 0 Å². The second-order valence-electron chi connectivity index (χ2n) is 2.91. The summed E-state index contributed by atoms with van der Waals surface area (Å²) in [5.74, 6) is 0. The van der Waals surface area contributed by atoms with Crippen LogP contribution in [0.5, 0.6) is 0 Å². The third kappa shape index (κ3) is 1.60. The topological polar surface area (TPSA) is 20.2 Å². The minimum atomic E-state index is -0.293. The molecule has 8 heavy (non-hydrogen) atoms. The predicted octanol–water partition coefficient (Wildman–Crippen LogP) is 0.998. The van der Waals surface area contributed by atoms with Gasteiger partial charge in [0.2, 0.25) is 0 Å². The van der Waals surface area contributed by atoms with E-state index in [-0.39, 0.29) is 14.9 Å². The smallest absolute Gasteiger partial charge is 0.0534 e. The molecule has 1 N–H and O–H groups in total. The van der Waals surface area contributed by atoms with Gasteiger partial charge in [-0.15, -0.1) is 0 Å². The lowest BCUT2D eigenvalue weighted by Crippen LogP contribution is -2.20. The molecule has 1 aliphatic heterocycles. The molecular formula is C6H14OSi. The Kier molecular flexibility index (Phi) is 2.08. The molecule has 0 unspecified atom stereocenters. The van der Waals surface area contributed by atoms with Crippen molar-refractivity contribution in [2.24, 2.45) is 0 Å². The first-order chi connectivity index (χ1) is 3.79. The standard InChI is InChI=1S/C6H14OSi/c1-8-4-2-6(7)3-5-8/h6-8H,2-5H2,1H3. The normalized spacial score (nSPS) is 39.8. The van der Waals surface area contributed by atoms with Crippen LogP contribution in [-0.4, -0.2) is 20.0 Å². The summed E-state index contributed by atoms with van der Waals surface area (Å²) >= 11 is 0. The van der Waals surface area contributed by atoms with Crippen LogP contribution in [0.3, 0.4) is 0 Å². The quantitative estimate of drug-likeness (QED) is 0.485. The molecule has 1 saturated heterocycles. The average Bonchev–Trinajstić information content (AvgIpc) is 1.77. The lowest BCUT2D eigenvalue weighted by atomic mass is 10.2. The monoisotopic (exact) mass is 130 g/mol. The van der Waals surface area contributed by atoms with Gasteiger partial charge in [-0.25, -0.2) is 0 Å². The first kappa shape index (κ1) is 6.30. The molecule has 2 heteroatoms. The van der Waals surface area contributed by atoms with Crippen LogP contribution in [0.15, 0.2) is 0 Å². The van der Waals surface area contributed by atoms with Gasteiger partial charge in [0.25, 0.3) is 0 Å². The zero-order valence-corrected chi connectivity index (χ0v) is 6.59. The van der Waals surface area contributed by atoms with Crippen molar-refractivity contribution in [2.45, 2.75) is 37.6 Å². The van der Waals surface area contributed by atoms with E-state index >= 15 is 0 Å². The van der Waals surface area contributed by atoms with Crippen LogP contribution < -0.4 is 0 Å². The van der Waals surface area contributed by atoms with Crippen LogP contribution in [0.2, 0.25) is 18.6 Å². The Hall–Kier alpha value is 0.177. The Bertz CT molecular complexity index is 56.9. The Morgan fingerprint density at radius 2 is 1.88 bits per heavy atom. The summed E-state index contributed by atoms with van der Waals surface area (Å²) in [6.07, 6.45) is 2.24. The summed E-state index contributed by atoms with van der Waals surface area (Å²) in [4.78, 5) is 0. The van der Waals surface area contributed by atoms with Gasteiger partial charge in [-0.2, -0.15) is 0 Å². The summed E-state index contributed by atoms with van der Waals surface area (Å²) < 4.78 is 0. The van der Waals surface area contributed by atoms with Gasteiger partial charge in [0.1, 0.15) is 0 Å². The van der Waals surface area contributed by atoms with Crippen molar-refractivity contribution in [2.75, 3.05) is 0 Å². The van der Waals surface area contributed by atoms with Crippen molar-refractivity contribution in [1.82, 2.24) is 0 Å². The Morgan fingerprint density at radius 3 is 2.25 bits per heavy atom. The van der Waals surface area contributed by atoms with E-state index in [1.165, 1.54) is 12.1 Å². The third-order valence-corrected chi connectivity index (χ3v) is 4.62. The molecule has 0 aliphatic carbocycles. The lowest BCUT2D eigenvalue weighted by molar-refractivity contribution is 0.161. The minimum Gasteiger partial charge on any atom is -0.393 e. The van der Waals surface area contributed by atoms with Gasteiger partial charge in [0.05, 0.1) is 6.10 Å². The van der Waals surface area contributed by atoms with E-state index in [4.69, 9.17) is 5.11 Å². The Morgan fingerprint density at radius 1 is 1.38 bits per heavy atom. The van der Waals surface area contributed by atoms with Crippen molar-refractivity contribution in [1.29, 1.82) is 0 Å². The summed E-state index contributed by atoms with van der Waals surface area (Å²) in [6, 6.07) is 2.72. The van der Waals surface area contributed by atoms with E-state index in [1.54, 1.807) is 0 Å². The van der Waals surface area contributed by atoms with E-state index in [1.807, 2.05) is 0 Å².